The fourth-order valence-corrected chi connectivity index (χ4v) is 2.92. The van der Waals surface area contributed by atoms with Gasteiger partial charge >= 0.3 is 0 Å². The maximum Gasteiger partial charge on any atom is 0.277 e. The second-order valence-electron chi connectivity index (χ2n) is 4.86. The minimum Gasteiger partial charge on any atom is -0.493 e. The van der Waals surface area contributed by atoms with Crippen molar-refractivity contribution in [2.24, 2.45) is 0 Å². The van der Waals surface area contributed by atoms with Crippen LogP contribution in [0.3, 0.4) is 0 Å². The molecular weight excluding hydrogens is 348 g/mol. The van der Waals surface area contributed by atoms with Crippen LogP contribution in [0.25, 0.3) is 11.5 Å². The van der Waals surface area contributed by atoms with Crippen LogP contribution in [-0.4, -0.2) is 24.4 Å². The monoisotopic (exact) mass is 362 g/mol. The van der Waals surface area contributed by atoms with Gasteiger partial charge in [-0.05, 0) is 35.9 Å². The molecule has 0 saturated heterocycles. The fourth-order valence-electron chi connectivity index (χ4n) is 2.08. The molecule has 0 amide bonds. The maximum absolute atomic E-state index is 5.88. The zero-order valence-electron chi connectivity index (χ0n) is 13.2. The third-order valence-electron chi connectivity index (χ3n) is 3.31. The second-order valence-corrected chi connectivity index (χ2v) is 6.22. The Morgan fingerprint density at radius 1 is 1.00 bits per heavy atom. The van der Waals surface area contributed by atoms with E-state index in [0.717, 1.165) is 21.9 Å². The van der Waals surface area contributed by atoms with Crippen molar-refractivity contribution < 1.29 is 13.9 Å². The molecule has 0 aliphatic heterocycles. The van der Waals surface area contributed by atoms with Gasteiger partial charge in [-0.25, -0.2) is 0 Å². The fraction of sp³-hybridized carbons (Fsp3) is 0.176. The van der Waals surface area contributed by atoms with Crippen molar-refractivity contribution >= 4 is 23.4 Å². The van der Waals surface area contributed by atoms with E-state index >= 15 is 0 Å². The molecule has 0 saturated carbocycles. The molecule has 0 unspecified atom stereocenters. The third kappa shape index (κ3) is 3.83. The maximum atomic E-state index is 5.88. The smallest absolute Gasteiger partial charge is 0.277 e. The number of methoxy groups -OCH3 is 2. The minimum absolute atomic E-state index is 0.439. The van der Waals surface area contributed by atoms with E-state index in [-0.39, 0.29) is 0 Å². The van der Waals surface area contributed by atoms with Crippen LogP contribution in [0.5, 0.6) is 11.5 Å². The van der Waals surface area contributed by atoms with Crippen molar-refractivity contribution in [1.29, 1.82) is 0 Å². The molecule has 0 spiro atoms. The highest BCUT2D eigenvalue weighted by molar-refractivity contribution is 7.98. The van der Waals surface area contributed by atoms with Gasteiger partial charge in [0.05, 0.1) is 14.2 Å². The second kappa shape index (κ2) is 7.59. The summed E-state index contributed by atoms with van der Waals surface area (Å²) in [6.45, 7) is 0. The lowest BCUT2D eigenvalue weighted by Crippen LogP contribution is -1.90. The Morgan fingerprint density at radius 2 is 1.75 bits per heavy atom. The van der Waals surface area contributed by atoms with Gasteiger partial charge in [0, 0.05) is 16.3 Å². The van der Waals surface area contributed by atoms with Crippen LogP contribution in [-0.2, 0) is 5.75 Å². The Morgan fingerprint density at radius 3 is 2.46 bits per heavy atom. The number of halogens is 1. The molecule has 1 heterocycles. The first-order chi connectivity index (χ1) is 11.7. The van der Waals surface area contributed by atoms with E-state index in [1.807, 2.05) is 30.3 Å². The lowest BCUT2D eigenvalue weighted by atomic mass is 10.2. The first-order valence-corrected chi connectivity index (χ1v) is 8.49. The van der Waals surface area contributed by atoms with Gasteiger partial charge in [0.2, 0.25) is 5.89 Å². The molecule has 0 radical (unpaired) electrons. The number of rotatable bonds is 6. The molecule has 0 aliphatic carbocycles. The molecule has 1 aromatic heterocycles. The molecule has 0 aliphatic rings. The Kier molecular flexibility index (Phi) is 5.27. The molecule has 2 aromatic carbocycles. The number of aromatic nitrogens is 2. The predicted octanol–water partition coefficient (Wildman–Crippen LogP) is 4.70. The molecule has 0 bridgehead atoms. The first kappa shape index (κ1) is 16.7. The lowest BCUT2D eigenvalue weighted by molar-refractivity contribution is 0.355. The predicted molar refractivity (Wildman–Crippen MR) is 93.9 cm³/mol. The van der Waals surface area contributed by atoms with Crippen LogP contribution in [0.1, 0.15) is 5.56 Å². The van der Waals surface area contributed by atoms with Crippen molar-refractivity contribution in [3.63, 3.8) is 0 Å². The molecule has 5 nitrogen and oxygen atoms in total. The number of hydrogen-bond donors (Lipinski definition) is 0. The summed E-state index contributed by atoms with van der Waals surface area (Å²) in [5.74, 6) is 2.43. The normalized spacial score (nSPS) is 10.6. The molecule has 3 rings (SSSR count). The van der Waals surface area contributed by atoms with E-state index in [1.165, 1.54) is 11.8 Å². The van der Waals surface area contributed by atoms with Gasteiger partial charge in [-0.3, -0.25) is 0 Å². The Bertz CT molecular complexity index is 821. The van der Waals surface area contributed by atoms with Gasteiger partial charge in [-0.15, -0.1) is 10.2 Å². The Hall–Kier alpha value is -2.18. The van der Waals surface area contributed by atoms with Crippen molar-refractivity contribution in [2.75, 3.05) is 14.2 Å². The molecule has 0 N–H and O–H groups in total. The lowest BCUT2D eigenvalue weighted by Gasteiger charge is -2.07. The van der Waals surface area contributed by atoms with Crippen LogP contribution in [0, 0.1) is 0 Å². The molecule has 24 heavy (non-hydrogen) atoms. The van der Waals surface area contributed by atoms with Crippen molar-refractivity contribution in [3.8, 4) is 23.0 Å². The van der Waals surface area contributed by atoms with Gasteiger partial charge in [0.1, 0.15) is 0 Å². The van der Waals surface area contributed by atoms with Gasteiger partial charge in [-0.2, -0.15) is 0 Å². The van der Waals surface area contributed by atoms with Gasteiger partial charge in [0.25, 0.3) is 5.22 Å². The summed E-state index contributed by atoms with van der Waals surface area (Å²) in [7, 11) is 3.18. The average Bonchev–Trinajstić information content (AvgIpc) is 3.09. The number of hydrogen-bond acceptors (Lipinski definition) is 6. The summed E-state index contributed by atoms with van der Waals surface area (Å²) in [6.07, 6.45) is 0. The van der Waals surface area contributed by atoms with E-state index in [4.69, 9.17) is 25.5 Å². The van der Waals surface area contributed by atoms with Crippen LogP contribution in [0.2, 0.25) is 5.02 Å². The molecule has 124 valence electrons. The standard InChI is InChI=1S/C17H15ClN2O3S/c1-21-14-8-5-12(9-15(14)22-2)16-19-20-17(23-16)24-10-11-3-6-13(18)7-4-11/h3-9H,10H2,1-2H3. The largest absolute Gasteiger partial charge is 0.493 e. The van der Waals surface area contributed by atoms with Crippen LogP contribution in [0.15, 0.2) is 52.1 Å². The highest BCUT2D eigenvalue weighted by atomic mass is 35.5. The summed E-state index contributed by atoms with van der Waals surface area (Å²) in [5, 5.41) is 9.39. The highest BCUT2D eigenvalue weighted by Crippen LogP contribution is 2.33. The van der Waals surface area contributed by atoms with E-state index in [0.29, 0.717) is 22.6 Å². The molecule has 0 fully saturated rings. The van der Waals surface area contributed by atoms with Crippen molar-refractivity contribution in [1.82, 2.24) is 10.2 Å². The van der Waals surface area contributed by atoms with E-state index < -0.39 is 0 Å². The summed E-state index contributed by atoms with van der Waals surface area (Å²) in [5.41, 5.74) is 1.91. The summed E-state index contributed by atoms with van der Waals surface area (Å²) < 4.78 is 16.2. The highest BCUT2D eigenvalue weighted by Gasteiger charge is 2.12. The minimum atomic E-state index is 0.439. The van der Waals surface area contributed by atoms with Gasteiger partial charge in [0.15, 0.2) is 11.5 Å². The molecular formula is C17H15ClN2O3S. The Balaban J connectivity index is 1.72. The zero-order chi connectivity index (χ0) is 16.9. The summed E-state index contributed by atoms with van der Waals surface area (Å²) >= 11 is 7.35. The van der Waals surface area contributed by atoms with Crippen molar-refractivity contribution in [3.05, 3.63) is 53.1 Å². The third-order valence-corrected chi connectivity index (χ3v) is 4.45. The summed E-state index contributed by atoms with van der Waals surface area (Å²) in [6, 6.07) is 13.1. The van der Waals surface area contributed by atoms with E-state index in [9.17, 15) is 0 Å². The number of nitrogens with zero attached hydrogens (tertiary/aromatic N) is 2. The van der Waals surface area contributed by atoms with E-state index in [1.54, 1.807) is 26.4 Å². The topological polar surface area (TPSA) is 57.4 Å². The number of thioether (sulfide) groups is 1. The van der Waals surface area contributed by atoms with Gasteiger partial charge < -0.3 is 13.9 Å². The summed E-state index contributed by atoms with van der Waals surface area (Å²) in [4.78, 5) is 0. The van der Waals surface area contributed by atoms with Gasteiger partial charge in [-0.1, -0.05) is 35.5 Å². The van der Waals surface area contributed by atoms with Crippen molar-refractivity contribution in [2.45, 2.75) is 11.0 Å². The van der Waals surface area contributed by atoms with Crippen LogP contribution in [0.4, 0.5) is 0 Å². The number of ether oxygens (including phenoxy) is 2. The quantitative estimate of drug-likeness (QED) is 0.592. The molecule has 3 aromatic rings. The van der Waals surface area contributed by atoms with Crippen LogP contribution >= 0.6 is 23.4 Å². The van der Waals surface area contributed by atoms with Crippen LogP contribution < -0.4 is 9.47 Å². The molecule has 7 heteroatoms. The Labute approximate surface area is 148 Å². The van der Waals surface area contributed by atoms with E-state index in [2.05, 4.69) is 10.2 Å². The number of benzene rings is 2. The molecule has 0 atom stereocenters. The first-order valence-electron chi connectivity index (χ1n) is 7.12. The SMILES string of the molecule is COc1ccc(-c2nnc(SCc3ccc(Cl)cc3)o2)cc1OC. The average molecular weight is 363 g/mol. The zero-order valence-corrected chi connectivity index (χ0v) is 14.7.